The second-order valence-corrected chi connectivity index (χ2v) is 5.37. The van der Waals surface area contributed by atoms with Crippen molar-refractivity contribution in [3.8, 4) is 0 Å². The molecule has 0 aliphatic rings. The van der Waals surface area contributed by atoms with Crippen molar-refractivity contribution in [2.45, 2.75) is 19.9 Å². The van der Waals surface area contributed by atoms with Gasteiger partial charge in [-0.3, -0.25) is 4.79 Å². The number of aryl methyl sites for hydroxylation is 2. The normalized spacial score (nSPS) is 11.0. The average molecular weight is 325 g/mol. The molecule has 0 aromatic carbocycles. The summed E-state index contributed by atoms with van der Waals surface area (Å²) in [6.45, 7) is 1.87. The molecule has 0 fully saturated rings. The molecule has 10 heteroatoms. The Labute approximate surface area is 128 Å². The van der Waals surface area contributed by atoms with E-state index < -0.39 is 4.92 Å². The summed E-state index contributed by atoms with van der Waals surface area (Å²) in [6.07, 6.45) is 1.41. The van der Waals surface area contributed by atoms with Crippen LogP contribution in [0.15, 0.2) is 23.3 Å². The first-order valence-electron chi connectivity index (χ1n) is 6.22. The number of hydrogen-bond donors (Lipinski definition) is 1. The molecule has 0 aliphatic heterocycles. The van der Waals surface area contributed by atoms with Crippen LogP contribution in [-0.4, -0.2) is 26.8 Å². The van der Waals surface area contributed by atoms with Crippen molar-refractivity contribution in [2.75, 3.05) is 0 Å². The summed E-state index contributed by atoms with van der Waals surface area (Å²) in [5, 5.41) is 17.7. The van der Waals surface area contributed by atoms with Crippen molar-refractivity contribution in [3.63, 3.8) is 0 Å². The van der Waals surface area contributed by atoms with Crippen molar-refractivity contribution in [2.24, 2.45) is 5.10 Å². The number of aromatic nitrogens is 2. The zero-order valence-electron chi connectivity index (χ0n) is 11.5. The highest BCUT2D eigenvalue weighted by Crippen LogP contribution is 2.12. The number of nitrogens with zero attached hydrogens (tertiary/aromatic N) is 4. The number of hydrazone groups is 1. The molecule has 0 bridgehead atoms. The molecule has 0 atom stereocenters. The second kappa shape index (κ2) is 6.89. The minimum absolute atomic E-state index is 0.0653. The summed E-state index contributed by atoms with van der Waals surface area (Å²) in [7, 11) is 0. The molecule has 2 aromatic heterocycles. The molecule has 0 spiro atoms. The summed E-state index contributed by atoms with van der Waals surface area (Å²) < 4.78 is 14.1. The highest BCUT2D eigenvalue weighted by molar-refractivity contribution is 7.12. The van der Waals surface area contributed by atoms with E-state index in [1.165, 1.54) is 23.0 Å². The van der Waals surface area contributed by atoms with Crippen LogP contribution < -0.4 is 5.43 Å². The lowest BCUT2D eigenvalue weighted by molar-refractivity contribution is -0.389. The minimum atomic E-state index is -0.589. The first kappa shape index (κ1) is 15.8. The molecular weight excluding hydrogens is 313 g/mol. The largest absolute Gasteiger partial charge is 0.390 e. The van der Waals surface area contributed by atoms with Crippen LogP contribution in [-0.2, 0) is 11.3 Å². The number of halogens is 1. The quantitative estimate of drug-likeness (QED) is 0.497. The number of thiophene rings is 1. The van der Waals surface area contributed by atoms with Gasteiger partial charge in [0.1, 0.15) is 0 Å². The minimum Gasteiger partial charge on any atom is -0.358 e. The number of carbonyl (C=O) groups is 1. The van der Waals surface area contributed by atoms with Crippen LogP contribution in [0.5, 0.6) is 0 Å². The molecule has 22 heavy (non-hydrogen) atoms. The maximum atomic E-state index is 12.7. The molecule has 1 amide bonds. The Morgan fingerprint density at radius 1 is 1.64 bits per heavy atom. The lowest BCUT2D eigenvalue weighted by Crippen LogP contribution is -2.20. The Bertz CT molecular complexity index is 724. The van der Waals surface area contributed by atoms with E-state index in [9.17, 15) is 19.3 Å². The number of nitro groups is 1. The number of amides is 1. The molecule has 8 nitrogen and oxygen atoms in total. The van der Waals surface area contributed by atoms with Crippen molar-refractivity contribution in [3.05, 3.63) is 44.0 Å². The topological polar surface area (TPSA) is 102 Å². The molecule has 2 aromatic rings. The van der Waals surface area contributed by atoms with Crippen LogP contribution in [0, 0.1) is 22.2 Å². The fourth-order valence-electron chi connectivity index (χ4n) is 1.64. The molecule has 116 valence electrons. The van der Waals surface area contributed by atoms with Gasteiger partial charge in [0, 0.05) is 6.42 Å². The zero-order valence-corrected chi connectivity index (χ0v) is 12.3. The van der Waals surface area contributed by atoms with Crippen molar-refractivity contribution >= 4 is 29.3 Å². The van der Waals surface area contributed by atoms with E-state index in [1.54, 1.807) is 13.0 Å². The van der Waals surface area contributed by atoms with E-state index in [0.717, 1.165) is 11.3 Å². The lowest BCUT2D eigenvalue weighted by atomic mass is 10.4. The molecule has 0 unspecified atom stereocenters. The monoisotopic (exact) mass is 325 g/mol. The Morgan fingerprint density at radius 2 is 2.41 bits per heavy atom. The molecule has 0 radical (unpaired) electrons. The Morgan fingerprint density at radius 3 is 3.00 bits per heavy atom. The summed E-state index contributed by atoms with van der Waals surface area (Å²) in [5.74, 6) is -0.624. The van der Waals surface area contributed by atoms with Gasteiger partial charge >= 0.3 is 5.82 Å². The van der Waals surface area contributed by atoms with Crippen LogP contribution >= 0.6 is 11.3 Å². The third kappa shape index (κ3) is 4.19. The predicted molar refractivity (Wildman–Crippen MR) is 78.2 cm³/mol. The van der Waals surface area contributed by atoms with Crippen LogP contribution in [0.3, 0.4) is 0 Å². The number of carbonyl (C=O) groups excluding carboxylic acids is 1. The van der Waals surface area contributed by atoms with E-state index >= 15 is 0 Å². The van der Waals surface area contributed by atoms with Crippen LogP contribution in [0.25, 0.3) is 0 Å². The van der Waals surface area contributed by atoms with Crippen molar-refractivity contribution in [1.29, 1.82) is 0 Å². The fourth-order valence-corrected chi connectivity index (χ4v) is 2.24. The Hall–Kier alpha value is -2.62. The fraction of sp³-hybridized carbons (Fsp3) is 0.250. The Balaban J connectivity index is 1.82. The smallest absolute Gasteiger partial charge is 0.358 e. The van der Waals surface area contributed by atoms with Gasteiger partial charge in [-0.1, -0.05) is 0 Å². The van der Waals surface area contributed by atoms with Gasteiger partial charge in [0.15, 0.2) is 5.13 Å². The van der Waals surface area contributed by atoms with Crippen molar-refractivity contribution in [1.82, 2.24) is 15.2 Å². The van der Waals surface area contributed by atoms with Gasteiger partial charge in [-0.05, 0) is 24.0 Å². The number of hydrogen-bond acceptors (Lipinski definition) is 6. The van der Waals surface area contributed by atoms with E-state index in [0.29, 0.717) is 10.6 Å². The highest BCUT2D eigenvalue weighted by atomic mass is 32.1. The number of rotatable bonds is 6. The predicted octanol–water partition coefficient (Wildman–Crippen LogP) is 1.84. The summed E-state index contributed by atoms with van der Waals surface area (Å²) in [4.78, 5) is 22.2. The van der Waals surface area contributed by atoms with Gasteiger partial charge in [0.25, 0.3) is 0 Å². The zero-order chi connectivity index (χ0) is 16.1. The van der Waals surface area contributed by atoms with E-state index in [1.807, 2.05) is 0 Å². The maximum absolute atomic E-state index is 12.7. The van der Waals surface area contributed by atoms with Gasteiger partial charge in [-0.15, -0.1) is 11.3 Å². The molecular formula is C12H12FN5O3S. The number of nitrogens with one attached hydrogen (secondary N) is 1. The maximum Gasteiger partial charge on any atom is 0.390 e. The van der Waals surface area contributed by atoms with Crippen LogP contribution in [0.2, 0.25) is 0 Å². The molecule has 2 rings (SSSR count). The summed E-state index contributed by atoms with van der Waals surface area (Å²) >= 11 is 0.912. The highest BCUT2D eigenvalue weighted by Gasteiger charge is 2.15. The van der Waals surface area contributed by atoms with Crippen LogP contribution in [0.4, 0.5) is 10.2 Å². The van der Waals surface area contributed by atoms with E-state index in [-0.39, 0.29) is 29.8 Å². The van der Waals surface area contributed by atoms with Crippen molar-refractivity contribution < 1.29 is 14.1 Å². The van der Waals surface area contributed by atoms with Gasteiger partial charge in [0.2, 0.25) is 5.91 Å². The lowest BCUT2D eigenvalue weighted by Gasteiger charge is -1.99. The van der Waals surface area contributed by atoms with Gasteiger partial charge in [-0.2, -0.15) is 14.2 Å². The van der Waals surface area contributed by atoms with E-state index in [4.69, 9.17) is 0 Å². The summed E-state index contributed by atoms with van der Waals surface area (Å²) in [5.41, 5.74) is 2.89. The SMILES string of the molecule is Cc1cc([N+](=O)[O-])nn1CCC(=O)N/N=C\c1ccc(F)s1. The summed E-state index contributed by atoms with van der Waals surface area (Å²) in [6, 6.07) is 4.19. The molecule has 0 saturated heterocycles. The Kier molecular flexibility index (Phi) is 4.94. The third-order valence-corrected chi connectivity index (χ3v) is 3.49. The van der Waals surface area contributed by atoms with Gasteiger partial charge in [0.05, 0.1) is 34.5 Å². The first-order chi connectivity index (χ1) is 10.5. The van der Waals surface area contributed by atoms with E-state index in [2.05, 4.69) is 15.6 Å². The molecule has 0 saturated carbocycles. The van der Waals surface area contributed by atoms with Crippen LogP contribution in [0.1, 0.15) is 17.0 Å². The standard InChI is InChI=1S/C12H12FN5O3S/c1-8-6-11(18(20)21)16-17(8)5-4-12(19)15-14-7-9-2-3-10(13)22-9/h2-3,6-7H,4-5H2,1H3,(H,15,19)/b14-7-. The molecule has 0 aliphatic carbocycles. The second-order valence-electron chi connectivity index (χ2n) is 4.31. The first-order valence-corrected chi connectivity index (χ1v) is 7.03. The third-order valence-electron chi connectivity index (χ3n) is 2.68. The van der Waals surface area contributed by atoms with Gasteiger partial charge < -0.3 is 10.1 Å². The molecule has 2 heterocycles. The average Bonchev–Trinajstić information content (AvgIpc) is 3.03. The van der Waals surface area contributed by atoms with Gasteiger partial charge in [-0.25, -0.2) is 5.43 Å². The molecule has 1 N–H and O–H groups in total.